The van der Waals surface area contributed by atoms with Crippen molar-refractivity contribution in [3.05, 3.63) is 29.8 Å². The van der Waals surface area contributed by atoms with Crippen LogP contribution in [-0.2, 0) is 11.2 Å². The summed E-state index contributed by atoms with van der Waals surface area (Å²) >= 11 is 3.03. The van der Waals surface area contributed by atoms with Crippen LogP contribution in [0.2, 0.25) is 0 Å². The molecule has 2 heterocycles. The Hall–Kier alpha value is -1.60. The van der Waals surface area contributed by atoms with Crippen molar-refractivity contribution in [2.24, 2.45) is 0 Å². The fourth-order valence-corrected chi connectivity index (χ4v) is 5.04. The molecule has 1 aliphatic carbocycles. The highest BCUT2D eigenvalue weighted by atomic mass is 32.2. The molecule has 1 aromatic carbocycles. The quantitative estimate of drug-likeness (QED) is 0.826. The fourth-order valence-electron chi connectivity index (χ4n) is 3.02. The zero-order valence-electron chi connectivity index (χ0n) is 13.7. The number of fused-ring (bicyclic) bond motifs is 1. The van der Waals surface area contributed by atoms with Crippen LogP contribution in [0.25, 0.3) is 0 Å². The lowest BCUT2D eigenvalue weighted by atomic mass is 10.1. The second kappa shape index (κ2) is 6.37. The van der Waals surface area contributed by atoms with Crippen molar-refractivity contribution in [3.8, 4) is 0 Å². The summed E-state index contributed by atoms with van der Waals surface area (Å²) in [6.07, 6.45) is 3.35. The molecule has 24 heavy (non-hydrogen) atoms. The molecule has 2 unspecified atom stereocenters. The summed E-state index contributed by atoms with van der Waals surface area (Å²) in [5.41, 5.74) is 2.30. The molecule has 126 valence electrons. The monoisotopic (exact) mass is 360 g/mol. The summed E-state index contributed by atoms with van der Waals surface area (Å²) < 4.78 is 0.846. The SMILES string of the molecule is CC(Sc1nnc(NC2CC2)s1)C(=O)N1c2ccccc2CC1C. The Morgan fingerprint density at radius 3 is 2.96 bits per heavy atom. The maximum atomic E-state index is 13.0. The number of benzene rings is 1. The molecule has 1 saturated carbocycles. The number of nitrogens with one attached hydrogen (secondary N) is 1. The molecule has 7 heteroatoms. The topological polar surface area (TPSA) is 58.1 Å². The van der Waals surface area contributed by atoms with E-state index in [-0.39, 0.29) is 17.2 Å². The van der Waals surface area contributed by atoms with Gasteiger partial charge in [-0.3, -0.25) is 4.79 Å². The second-order valence-corrected chi connectivity index (χ2v) is 9.01. The van der Waals surface area contributed by atoms with Gasteiger partial charge < -0.3 is 10.2 Å². The highest BCUT2D eigenvalue weighted by molar-refractivity contribution is 8.02. The Morgan fingerprint density at radius 2 is 2.17 bits per heavy atom. The molecule has 1 aliphatic heterocycles. The van der Waals surface area contributed by atoms with E-state index in [0.29, 0.717) is 6.04 Å². The molecule has 0 saturated heterocycles. The van der Waals surface area contributed by atoms with E-state index in [1.165, 1.54) is 41.5 Å². The summed E-state index contributed by atoms with van der Waals surface area (Å²) in [6.45, 7) is 4.06. The van der Waals surface area contributed by atoms with E-state index in [0.717, 1.165) is 21.6 Å². The van der Waals surface area contributed by atoms with Gasteiger partial charge in [0.2, 0.25) is 11.0 Å². The molecule has 1 fully saturated rings. The summed E-state index contributed by atoms with van der Waals surface area (Å²) in [5, 5.41) is 12.4. The van der Waals surface area contributed by atoms with E-state index in [1.807, 2.05) is 30.0 Å². The normalized spacial score (nSPS) is 20.8. The molecule has 1 amide bonds. The summed E-state index contributed by atoms with van der Waals surface area (Å²) in [7, 11) is 0. The van der Waals surface area contributed by atoms with Crippen molar-refractivity contribution in [1.29, 1.82) is 0 Å². The maximum absolute atomic E-state index is 13.0. The van der Waals surface area contributed by atoms with Gasteiger partial charge in [-0.2, -0.15) is 0 Å². The Morgan fingerprint density at radius 1 is 1.38 bits per heavy atom. The van der Waals surface area contributed by atoms with E-state index in [1.54, 1.807) is 0 Å². The minimum atomic E-state index is -0.180. The molecule has 1 aromatic heterocycles. The Labute approximate surface area is 149 Å². The molecular formula is C17H20N4OS2. The lowest BCUT2D eigenvalue weighted by molar-refractivity contribution is -0.118. The number of carbonyl (C=O) groups excluding carboxylic acids is 1. The van der Waals surface area contributed by atoms with Gasteiger partial charge in [-0.25, -0.2) is 0 Å². The Kier molecular flexibility index (Phi) is 4.22. The van der Waals surface area contributed by atoms with Crippen LogP contribution in [0, 0.1) is 0 Å². The first kappa shape index (κ1) is 15.9. The standard InChI is InChI=1S/C17H20N4OS2/c1-10-9-12-5-3-4-6-14(12)21(10)15(22)11(2)23-17-20-19-16(24-17)18-13-7-8-13/h3-6,10-11,13H,7-9H2,1-2H3,(H,18,19). The van der Waals surface area contributed by atoms with Crippen LogP contribution < -0.4 is 10.2 Å². The van der Waals surface area contributed by atoms with E-state index < -0.39 is 0 Å². The lowest BCUT2D eigenvalue weighted by Gasteiger charge is -2.25. The zero-order chi connectivity index (χ0) is 16.7. The zero-order valence-corrected chi connectivity index (χ0v) is 15.4. The van der Waals surface area contributed by atoms with Crippen molar-refractivity contribution < 1.29 is 4.79 Å². The average molecular weight is 361 g/mol. The molecule has 5 nitrogen and oxygen atoms in total. The van der Waals surface area contributed by atoms with Crippen LogP contribution in [0.3, 0.4) is 0 Å². The number of para-hydroxylation sites is 1. The van der Waals surface area contributed by atoms with E-state index >= 15 is 0 Å². The first-order valence-corrected chi connectivity index (χ1v) is 9.99. The van der Waals surface area contributed by atoms with Gasteiger partial charge in [0.15, 0.2) is 4.34 Å². The highest BCUT2D eigenvalue weighted by Gasteiger charge is 2.33. The number of thioether (sulfide) groups is 1. The number of carbonyl (C=O) groups is 1. The predicted octanol–water partition coefficient (Wildman–Crippen LogP) is 3.57. The molecule has 1 N–H and O–H groups in total. The number of nitrogens with zero attached hydrogens (tertiary/aromatic N) is 3. The van der Waals surface area contributed by atoms with Crippen LogP contribution in [-0.4, -0.2) is 33.4 Å². The number of amides is 1. The molecular weight excluding hydrogens is 340 g/mol. The van der Waals surface area contributed by atoms with Crippen molar-refractivity contribution in [3.63, 3.8) is 0 Å². The Bertz CT molecular complexity index is 759. The summed E-state index contributed by atoms with van der Waals surface area (Å²) in [6, 6.07) is 8.95. The van der Waals surface area contributed by atoms with Crippen molar-refractivity contribution in [2.45, 2.75) is 54.8 Å². The molecule has 0 spiro atoms. The van der Waals surface area contributed by atoms with Gasteiger partial charge in [-0.05, 0) is 44.7 Å². The first-order valence-electron chi connectivity index (χ1n) is 8.29. The van der Waals surface area contributed by atoms with Gasteiger partial charge in [0.25, 0.3) is 0 Å². The van der Waals surface area contributed by atoms with Gasteiger partial charge >= 0.3 is 0 Å². The van der Waals surface area contributed by atoms with Gasteiger partial charge in [-0.15, -0.1) is 10.2 Å². The smallest absolute Gasteiger partial charge is 0.240 e. The number of hydrogen-bond donors (Lipinski definition) is 1. The predicted molar refractivity (Wildman–Crippen MR) is 99.0 cm³/mol. The van der Waals surface area contributed by atoms with Crippen molar-refractivity contribution in [2.75, 3.05) is 10.2 Å². The summed E-state index contributed by atoms with van der Waals surface area (Å²) in [5.74, 6) is 0.143. The van der Waals surface area contributed by atoms with E-state index in [9.17, 15) is 4.79 Å². The van der Waals surface area contributed by atoms with E-state index in [2.05, 4.69) is 28.5 Å². The number of rotatable bonds is 5. The highest BCUT2D eigenvalue weighted by Crippen LogP contribution is 2.36. The van der Waals surface area contributed by atoms with Crippen molar-refractivity contribution >= 4 is 39.8 Å². The third-order valence-corrected chi connectivity index (χ3v) is 6.41. The minimum Gasteiger partial charge on any atom is -0.357 e. The number of hydrogen-bond acceptors (Lipinski definition) is 6. The Balaban J connectivity index is 1.45. The van der Waals surface area contributed by atoms with Crippen LogP contribution in [0.5, 0.6) is 0 Å². The fraction of sp³-hybridized carbons (Fsp3) is 0.471. The van der Waals surface area contributed by atoms with Crippen LogP contribution in [0.4, 0.5) is 10.8 Å². The third kappa shape index (κ3) is 3.15. The molecule has 0 bridgehead atoms. The third-order valence-electron chi connectivity index (χ3n) is 4.38. The van der Waals surface area contributed by atoms with Gasteiger partial charge in [-0.1, -0.05) is 41.3 Å². The largest absolute Gasteiger partial charge is 0.357 e. The average Bonchev–Trinajstić information content (AvgIpc) is 3.16. The lowest BCUT2D eigenvalue weighted by Crippen LogP contribution is -2.40. The minimum absolute atomic E-state index is 0.143. The molecule has 2 aromatic rings. The van der Waals surface area contributed by atoms with Gasteiger partial charge in [0.1, 0.15) is 0 Å². The maximum Gasteiger partial charge on any atom is 0.240 e. The molecule has 0 radical (unpaired) electrons. The van der Waals surface area contributed by atoms with Gasteiger partial charge in [0, 0.05) is 17.8 Å². The van der Waals surface area contributed by atoms with Crippen LogP contribution in [0.15, 0.2) is 28.6 Å². The van der Waals surface area contributed by atoms with E-state index in [4.69, 9.17) is 0 Å². The number of anilines is 2. The van der Waals surface area contributed by atoms with Crippen LogP contribution in [0.1, 0.15) is 32.3 Å². The first-order chi connectivity index (χ1) is 11.6. The molecule has 4 rings (SSSR count). The second-order valence-electron chi connectivity index (χ2n) is 6.44. The van der Waals surface area contributed by atoms with Gasteiger partial charge in [0.05, 0.1) is 5.25 Å². The molecule has 2 atom stereocenters. The van der Waals surface area contributed by atoms with Crippen molar-refractivity contribution in [1.82, 2.24) is 10.2 Å². The molecule has 2 aliphatic rings. The summed E-state index contributed by atoms with van der Waals surface area (Å²) in [4.78, 5) is 14.9. The van der Waals surface area contributed by atoms with Crippen LogP contribution >= 0.6 is 23.1 Å². The number of aromatic nitrogens is 2.